The van der Waals surface area contributed by atoms with E-state index in [0.29, 0.717) is 5.69 Å². The van der Waals surface area contributed by atoms with Crippen molar-refractivity contribution < 1.29 is 14.7 Å². The zero-order chi connectivity index (χ0) is 14.1. The van der Waals surface area contributed by atoms with E-state index in [-0.39, 0.29) is 12.6 Å². The lowest BCUT2D eigenvalue weighted by Gasteiger charge is -2.35. The van der Waals surface area contributed by atoms with Crippen molar-refractivity contribution in [2.24, 2.45) is 0 Å². The molecular weight excluding hydrogens is 256 g/mol. The zero-order valence-corrected chi connectivity index (χ0v) is 11.1. The van der Waals surface area contributed by atoms with Gasteiger partial charge in [-0.1, -0.05) is 30.3 Å². The van der Waals surface area contributed by atoms with Crippen molar-refractivity contribution in [3.63, 3.8) is 0 Å². The number of aromatic amines is 1. The third-order valence-corrected chi connectivity index (χ3v) is 3.52. The third-order valence-electron chi connectivity index (χ3n) is 3.52. The number of rotatable bonds is 2. The summed E-state index contributed by atoms with van der Waals surface area (Å²) in [6.45, 7) is 2.05. The lowest BCUT2D eigenvalue weighted by atomic mass is 10.0. The number of morpholine rings is 1. The fraction of sp³-hybridized carbons (Fsp3) is 0.267. The van der Waals surface area contributed by atoms with Gasteiger partial charge in [-0.3, -0.25) is 0 Å². The van der Waals surface area contributed by atoms with Crippen molar-refractivity contribution in [3.05, 3.63) is 59.4 Å². The van der Waals surface area contributed by atoms with E-state index >= 15 is 0 Å². The van der Waals surface area contributed by atoms with Gasteiger partial charge in [-0.25, -0.2) is 4.79 Å². The van der Waals surface area contributed by atoms with Gasteiger partial charge in [-0.05, 0) is 24.6 Å². The van der Waals surface area contributed by atoms with Crippen LogP contribution in [-0.2, 0) is 9.53 Å². The molecule has 2 aromatic rings. The highest BCUT2D eigenvalue weighted by Crippen LogP contribution is 2.33. The number of aryl methyl sites for hydroxylation is 1. The molecule has 104 valence electrons. The molecular formula is C15H16N2O3. The van der Waals surface area contributed by atoms with E-state index in [1.807, 2.05) is 43.3 Å². The largest absolute Gasteiger partial charge is 0.462 e. The Morgan fingerprint density at radius 1 is 1.25 bits per heavy atom. The summed E-state index contributed by atoms with van der Waals surface area (Å²) in [5.41, 5.74) is 2.48. The first-order valence-corrected chi connectivity index (χ1v) is 6.51. The van der Waals surface area contributed by atoms with E-state index in [4.69, 9.17) is 4.74 Å². The van der Waals surface area contributed by atoms with Crippen LogP contribution in [0, 0.1) is 6.92 Å². The second kappa shape index (κ2) is 5.11. The van der Waals surface area contributed by atoms with Gasteiger partial charge in [-0.15, -0.1) is 0 Å². The molecule has 0 amide bonds. The van der Waals surface area contributed by atoms with Gasteiger partial charge in [0.2, 0.25) is 0 Å². The van der Waals surface area contributed by atoms with Gasteiger partial charge in [-0.2, -0.15) is 5.06 Å². The first-order valence-electron chi connectivity index (χ1n) is 6.51. The Kier molecular flexibility index (Phi) is 3.30. The highest BCUT2D eigenvalue weighted by molar-refractivity contribution is 5.77. The second-order valence-corrected chi connectivity index (χ2v) is 4.94. The number of hydrogen-bond donors (Lipinski definition) is 2. The van der Waals surface area contributed by atoms with Gasteiger partial charge in [0, 0.05) is 11.4 Å². The topological polar surface area (TPSA) is 65.6 Å². The smallest absolute Gasteiger partial charge is 0.332 e. The van der Waals surface area contributed by atoms with Crippen LogP contribution in [0.1, 0.15) is 29.0 Å². The Morgan fingerprint density at radius 2 is 2.00 bits per heavy atom. The van der Waals surface area contributed by atoms with Crippen LogP contribution in [0.2, 0.25) is 0 Å². The average Bonchev–Trinajstić information content (AvgIpc) is 2.86. The molecule has 5 heteroatoms. The number of hydrogen-bond acceptors (Lipinski definition) is 4. The predicted molar refractivity (Wildman–Crippen MR) is 72.0 cm³/mol. The Bertz CT molecular complexity index is 609. The van der Waals surface area contributed by atoms with Crippen molar-refractivity contribution in [2.45, 2.75) is 19.0 Å². The molecule has 1 fully saturated rings. The minimum atomic E-state index is -0.817. The van der Waals surface area contributed by atoms with Crippen molar-refractivity contribution in [1.82, 2.24) is 10.0 Å². The number of hydroxylamine groups is 2. The molecule has 2 N–H and O–H groups in total. The number of nitrogens with one attached hydrogen (secondary N) is 1. The summed E-state index contributed by atoms with van der Waals surface area (Å²) in [4.78, 5) is 15.0. The summed E-state index contributed by atoms with van der Waals surface area (Å²) in [5.74, 6) is -0.443. The summed E-state index contributed by atoms with van der Waals surface area (Å²) in [6.07, 6.45) is 0. The number of cyclic esters (lactones) is 1. The van der Waals surface area contributed by atoms with Crippen LogP contribution in [0.15, 0.2) is 42.5 Å². The number of esters is 1. The summed E-state index contributed by atoms with van der Waals surface area (Å²) < 4.78 is 5.23. The number of carbonyl (C=O) groups excluding carboxylic acids is 1. The quantitative estimate of drug-likeness (QED) is 0.824. The maximum absolute atomic E-state index is 11.9. The third kappa shape index (κ3) is 2.21. The van der Waals surface area contributed by atoms with Crippen LogP contribution < -0.4 is 0 Å². The zero-order valence-electron chi connectivity index (χ0n) is 11.1. The van der Waals surface area contributed by atoms with Crippen LogP contribution in [0.5, 0.6) is 0 Å². The fourth-order valence-electron chi connectivity index (χ4n) is 2.48. The summed E-state index contributed by atoms with van der Waals surface area (Å²) in [6, 6.07) is 12.0. The Morgan fingerprint density at radius 3 is 2.65 bits per heavy atom. The van der Waals surface area contributed by atoms with Crippen LogP contribution in [0.4, 0.5) is 0 Å². The first kappa shape index (κ1) is 12.9. The highest BCUT2D eigenvalue weighted by atomic mass is 16.6. The van der Waals surface area contributed by atoms with Crippen LogP contribution in [-0.4, -0.2) is 27.8 Å². The minimum Gasteiger partial charge on any atom is -0.462 e. The fourth-order valence-corrected chi connectivity index (χ4v) is 2.48. The van der Waals surface area contributed by atoms with Crippen molar-refractivity contribution in [1.29, 1.82) is 0 Å². The predicted octanol–water partition coefficient (Wildman–Crippen LogP) is 2.35. The monoisotopic (exact) mass is 272 g/mol. The molecule has 0 saturated carbocycles. The molecule has 1 aliphatic heterocycles. The van der Waals surface area contributed by atoms with Gasteiger partial charge in [0.25, 0.3) is 0 Å². The molecule has 1 aliphatic rings. The van der Waals surface area contributed by atoms with Crippen LogP contribution >= 0.6 is 0 Å². The molecule has 0 radical (unpaired) electrons. The normalized spacial score (nSPS) is 23.6. The molecule has 3 rings (SSSR count). The van der Waals surface area contributed by atoms with Crippen LogP contribution in [0.3, 0.4) is 0 Å². The molecule has 0 aliphatic carbocycles. The van der Waals surface area contributed by atoms with Gasteiger partial charge in [0.1, 0.15) is 6.61 Å². The molecule has 2 heterocycles. The molecule has 1 aromatic carbocycles. The number of carbonyl (C=O) groups is 1. The Hall–Kier alpha value is -2.11. The summed E-state index contributed by atoms with van der Waals surface area (Å²) in [5, 5.41) is 11.5. The Balaban J connectivity index is 1.92. The highest BCUT2D eigenvalue weighted by Gasteiger charge is 2.39. The molecule has 0 bridgehead atoms. The first-order chi connectivity index (χ1) is 9.66. The van der Waals surface area contributed by atoms with E-state index in [1.165, 1.54) is 0 Å². The standard InChI is InChI=1S/C15H16N2O3/c1-10-7-8-12(16-10)14-15(18)20-9-13(17(14)19)11-5-3-2-4-6-11/h2-8,13-14,16,19H,9H2,1H3/t13-,14+/m0/s1. The van der Waals surface area contributed by atoms with Crippen LogP contribution in [0.25, 0.3) is 0 Å². The minimum absolute atomic E-state index is 0.148. The molecule has 0 spiro atoms. The number of ether oxygens (including phenoxy) is 1. The average molecular weight is 272 g/mol. The molecule has 20 heavy (non-hydrogen) atoms. The molecule has 0 unspecified atom stereocenters. The molecule has 1 saturated heterocycles. The van der Waals surface area contributed by atoms with Crippen molar-refractivity contribution in [2.75, 3.05) is 6.61 Å². The number of H-pyrrole nitrogens is 1. The van der Waals surface area contributed by atoms with E-state index in [1.54, 1.807) is 6.07 Å². The lowest BCUT2D eigenvalue weighted by Crippen LogP contribution is -2.43. The van der Waals surface area contributed by atoms with Crippen molar-refractivity contribution >= 4 is 5.97 Å². The second-order valence-electron chi connectivity index (χ2n) is 4.94. The number of aromatic nitrogens is 1. The Labute approximate surface area is 116 Å². The summed E-state index contributed by atoms with van der Waals surface area (Å²) >= 11 is 0. The van der Waals surface area contributed by atoms with Crippen molar-refractivity contribution in [3.8, 4) is 0 Å². The summed E-state index contributed by atoms with van der Waals surface area (Å²) in [7, 11) is 0. The van der Waals surface area contributed by atoms with E-state index < -0.39 is 12.0 Å². The van der Waals surface area contributed by atoms with E-state index in [9.17, 15) is 10.0 Å². The van der Waals surface area contributed by atoms with Gasteiger partial charge < -0.3 is 14.9 Å². The molecule has 5 nitrogen and oxygen atoms in total. The van der Waals surface area contributed by atoms with Gasteiger partial charge in [0.15, 0.2) is 6.04 Å². The van der Waals surface area contributed by atoms with E-state index in [0.717, 1.165) is 16.3 Å². The maximum atomic E-state index is 11.9. The maximum Gasteiger partial charge on any atom is 0.332 e. The van der Waals surface area contributed by atoms with Gasteiger partial charge in [0.05, 0.1) is 6.04 Å². The van der Waals surface area contributed by atoms with E-state index in [2.05, 4.69) is 4.98 Å². The number of nitrogens with zero attached hydrogens (tertiary/aromatic N) is 1. The lowest BCUT2D eigenvalue weighted by molar-refractivity contribution is -0.221. The SMILES string of the molecule is Cc1ccc([C@@H]2C(=O)OC[C@@H](c3ccccc3)N2O)[nH]1. The number of benzene rings is 1. The van der Waals surface area contributed by atoms with Gasteiger partial charge >= 0.3 is 5.97 Å². The molecule has 1 aromatic heterocycles. The molecule has 2 atom stereocenters.